The first-order chi connectivity index (χ1) is 11.9. The molecule has 0 aliphatic heterocycles. The van der Waals surface area contributed by atoms with Gasteiger partial charge in [-0.25, -0.2) is 0 Å². The van der Waals surface area contributed by atoms with Crippen LogP contribution in [0.2, 0.25) is 0 Å². The van der Waals surface area contributed by atoms with Crippen LogP contribution in [-0.2, 0) is 18.5 Å². The minimum atomic E-state index is -0.0479. The highest BCUT2D eigenvalue weighted by molar-refractivity contribution is 5.94. The second-order valence-corrected chi connectivity index (χ2v) is 7.15. The molecule has 25 heavy (non-hydrogen) atoms. The van der Waals surface area contributed by atoms with Gasteiger partial charge in [-0.05, 0) is 47.4 Å². The number of nitrogens with zero attached hydrogens (tertiary/aromatic N) is 1. The van der Waals surface area contributed by atoms with E-state index in [4.69, 9.17) is 8.83 Å². The summed E-state index contributed by atoms with van der Waals surface area (Å²) in [4.78, 5) is 14.7. The Kier molecular flexibility index (Phi) is 4.79. The highest BCUT2D eigenvalue weighted by atomic mass is 16.3. The van der Waals surface area contributed by atoms with Crippen molar-refractivity contribution in [2.75, 3.05) is 0 Å². The van der Waals surface area contributed by atoms with Gasteiger partial charge in [0.2, 0.25) is 0 Å². The summed E-state index contributed by atoms with van der Waals surface area (Å²) in [5, 5.41) is 0. The van der Waals surface area contributed by atoms with Crippen LogP contribution in [0.15, 0.2) is 69.9 Å². The van der Waals surface area contributed by atoms with E-state index in [9.17, 15) is 4.79 Å². The molecule has 0 spiro atoms. The van der Waals surface area contributed by atoms with Crippen LogP contribution < -0.4 is 0 Å². The first-order valence-corrected chi connectivity index (χ1v) is 8.38. The van der Waals surface area contributed by atoms with Crippen LogP contribution in [0.1, 0.15) is 48.2 Å². The standard InChI is InChI=1S/C21H23NO3/c1-21(2,3)17-10-8-16(9-11-17)20(23)22(14-18-6-4-12-24-18)15-19-7-5-13-25-19/h4-13H,14-15H2,1-3H3. The van der Waals surface area contributed by atoms with Gasteiger partial charge < -0.3 is 13.7 Å². The molecule has 2 heterocycles. The van der Waals surface area contributed by atoms with E-state index < -0.39 is 0 Å². The molecule has 0 unspecified atom stereocenters. The van der Waals surface area contributed by atoms with Gasteiger partial charge >= 0.3 is 0 Å². The Labute approximate surface area is 148 Å². The lowest BCUT2D eigenvalue weighted by Crippen LogP contribution is -2.30. The Morgan fingerprint density at radius 2 is 1.40 bits per heavy atom. The first-order valence-electron chi connectivity index (χ1n) is 8.38. The van der Waals surface area contributed by atoms with Crippen LogP contribution in [-0.4, -0.2) is 10.8 Å². The molecule has 0 fully saturated rings. The van der Waals surface area contributed by atoms with E-state index >= 15 is 0 Å². The molecule has 0 aliphatic carbocycles. The molecule has 3 aromatic rings. The lowest BCUT2D eigenvalue weighted by molar-refractivity contribution is 0.0705. The lowest BCUT2D eigenvalue weighted by atomic mass is 9.86. The van der Waals surface area contributed by atoms with E-state index in [1.165, 1.54) is 5.56 Å². The van der Waals surface area contributed by atoms with E-state index in [2.05, 4.69) is 20.8 Å². The number of hydrogen-bond acceptors (Lipinski definition) is 3. The monoisotopic (exact) mass is 337 g/mol. The minimum Gasteiger partial charge on any atom is -0.467 e. The molecule has 4 heteroatoms. The van der Waals surface area contributed by atoms with Crippen LogP contribution in [0.25, 0.3) is 0 Å². The number of benzene rings is 1. The zero-order valence-electron chi connectivity index (χ0n) is 14.9. The molecule has 2 aromatic heterocycles. The van der Waals surface area contributed by atoms with E-state index in [-0.39, 0.29) is 11.3 Å². The van der Waals surface area contributed by atoms with Gasteiger partial charge in [0.25, 0.3) is 5.91 Å². The highest BCUT2D eigenvalue weighted by Gasteiger charge is 2.20. The van der Waals surface area contributed by atoms with Crippen molar-refractivity contribution >= 4 is 5.91 Å². The fourth-order valence-corrected chi connectivity index (χ4v) is 2.68. The molecule has 0 N–H and O–H groups in total. The number of carbonyl (C=O) groups excluding carboxylic acids is 1. The molecule has 4 nitrogen and oxygen atoms in total. The summed E-state index contributed by atoms with van der Waals surface area (Å²) in [6, 6.07) is 15.2. The van der Waals surface area contributed by atoms with Crippen LogP contribution >= 0.6 is 0 Å². The topological polar surface area (TPSA) is 46.6 Å². The predicted molar refractivity (Wildman–Crippen MR) is 96.1 cm³/mol. The average Bonchev–Trinajstić information content (AvgIpc) is 3.27. The van der Waals surface area contributed by atoms with Crippen LogP contribution in [0, 0.1) is 0 Å². The van der Waals surface area contributed by atoms with Gasteiger partial charge in [-0.1, -0.05) is 32.9 Å². The summed E-state index contributed by atoms with van der Waals surface area (Å²) in [7, 11) is 0. The van der Waals surface area contributed by atoms with Crippen molar-refractivity contribution in [1.82, 2.24) is 4.90 Å². The van der Waals surface area contributed by atoms with Gasteiger partial charge in [0.15, 0.2) is 0 Å². The number of rotatable bonds is 5. The number of carbonyl (C=O) groups is 1. The second-order valence-electron chi connectivity index (χ2n) is 7.15. The molecule has 3 rings (SSSR count). The average molecular weight is 337 g/mol. The molecule has 0 radical (unpaired) electrons. The molecular weight excluding hydrogens is 314 g/mol. The Bertz CT molecular complexity index is 758. The molecular formula is C21H23NO3. The van der Waals surface area contributed by atoms with Gasteiger partial charge in [0.1, 0.15) is 11.5 Å². The molecule has 0 atom stereocenters. The zero-order chi connectivity index (χ0) is 17.9. The van der Waals surface area contributed by atoms with Gasteiger partial charge in [0.05, 0.1) is 25.6 Å². The van der Waals surface area contributed by atoms with Crippen molar-refractivity contribution in [2.24, 2.45) is 0 Å². The fraction of sp³-hybridized carbons (Fsp3) is 0.286. The van der Waals surface area contributed by atoms with Gasteiger partial charge in [-0.15, -0.1) is 0 Å². The summed E-state index contributed by atoms with van der Waals surface area (Å²) in [6.45, 7) is 7.26. The summed E-state index contributed by atoms with van der Waals surface area (Å²) >= 11 is 0. The van der Waals surface area contributed by atoms with Crippen molar-refractivity contribution in [3.05, 3.63) is 83.7 Å². The minimum absolute atomic E-state index is 0.0479. The van der Waals surface area contributed by atoms with Crippen molar-refractivity contribution < 1.29 is 13.6 Å². The Morgan fingerprint density at radius 1 is 0.880 bits per heavy atom. The SMILES string of the molecule is CC(C)(C)c1ccc(C(=O)N(Cc2ccco2)Cc2ccco2)cc1. The van der Waals surface area contributed by atoms with Crippen LogP contribution in [0.5, 0.6) is 0 Å². The van der Waals surface area contributed by atoms with Crippen molar-refractivity contribution in [1.29, 1.82) is 0 Å². The van der Waals surface area contributed by atoms with E-state index in [1.54, 1.807) is 17.4 Å². The lowest BCUT2D eigenvalue weighted by Gasteiger charge is -2.22. The molecule has 130 valence electrons. The normalized spacial score (nSPS) is 11.5. The molecule has 1 amide bonds. The maximum absolute atomic E-state index is 13.0. The number of hydrogen-bond donors (Lipinski definition) is 0. The third-order valence-corrected chi connectivity index (χ3v) is 4.14. The molecule has 0 aliphatic rings. The Hall–Kier alpha value is -2.75. The molecule has 0 bridgehead atoms. The molecule has 1 aromatic carbocycles. The quantitative estimate of drug-likeness (QED) is 0.657. The maximum atomic E-state index is 13.0. The van der Waals surface area contributed by atoms with Crippen molar-refractivity contribution in [3.8, 4) is 0 Å². The van der Waals surface area contributed by atoms with E-state index in [0.29, 0.717) is 18.7 Å². The fourth-order valence-electron chi connectivity index (χ4n) is 2.68. The maximum Gasteiger partial charge on any atom is 0.254 e. The van der Waals surface area contributed by atoms with E-state index in [1.807, 2.05) is 48.5 Å². The smallest absolute Gasteiger partial charge is 0.254 e. The summed E-state index contributed by atoms with van der Waals surface area (Å²) in [5.74, 6) is 1.44. The third-order valence-electron chi connectivity index (χ3n) is 4.14. The predicted octanol–water partition coefficient (Wildman–Crippen LogP) is 5.01. The van der Waals surface area contributed by atoms with Crippen LogP contribution in [0.4, 0.5) is 0 Å². The van der Waals surface area contributed by atoms with Crippen molar-refractivity contribution in [2.45, 2.75) is 39.3 Å². The van der Waals surface area contributed by atoms with Gasteiger partial charge in [0, 0.05) is 5.56 Å². The molecule has 0 saturated heterocycles. The summed E-state index contributed by atoms with van der Waals surface area (Å²) in [5.41, 5.74) is 1.92. The van der Waals surface area contributed by atoms with Gasteiger partial charge in [-0.2, -0.15) is 0 Å². The van der Waals surface area contributed by atoms with Crippen LogP contribution in [0.3, 0.4) is 0 Å². The second kappa shape index (κ2) is 7.01. The summed E-state index contributed by atoms with van der Waals surface area (Å²) in [6.07, 6.45) is 3.23. The van der Waals surface area contributed by atoms with Crippen molar-refractivity contribution in [3.63, 3.8) is 0 Å². The largest absolute Gasteiger partial charge is 0.467 e. The van der Waals surface area contributed by atoms with E-state index in [0.717, 1.165) is 11.5 Å². The molecule has 0 saturated carbocycles. The number of furan rings is 2. The van der Waals surface area contributed by atoms with Gasteiger partial charge in [-0.3, -0.25) is 4.79 Å². The number of amides is 1. The first kappa shape index (κ1) is 17.1. The Balaban J connectivity index is 1.82. The Morgan fingerprint density at radius 3 is 1.80 bits per heavy atom. The zero-order valence-corrected chi connectivity index (χ0v) is 14.9. The highest BCUT2D eigenvalue weighted by Crippen LogP contribution is 2.23. The summed E-state index contributed by atoms with van der Waals surface area (Å²) < 4.78 is 10.8. The third kappa shape index (κ3) is 4.21.